The van der Waals surface area contributed by atoms with Gasteiger partial charge in [-0.3, -0.25) is 9.59 Å². The highest BCUT2D eigenvalue weighted by Crippen LogP contribution is 2.08. The minimum absolute atomic E-state index is 0.377. The fourth-order valence-corrected chi connectivity index (χ4v) is 1.42. The Hall–Kier alpha value is -1.36. The lowest BCUT2D eigenvalue weighted by Crippen LogP contribution is -2.41. The summed E-state index contributed by atoms with van der Waals surface area (Å²) in [6, 6.07) is -0.377. The van der Waals surface area contributed by atoms with Crippen molar-refractivity contribution in [2.24, 2.45) is 11.7 Å². The molecule has 16 heavy (non-hydrogen) atoms. The van der Waals surface area contributed by atoms with Gasteiger partial charge in [0.2, 0.25) is 5.91 Å². The molecular weight excluding hydrogens is 208 g/mol. The van der Waals surface area contributed by atoms with Crippen molar-refractivity contribution in [3.05, 3.63) is 12.7 Å². The first-order valence-corrected chi connectivity index (χ1v) is 5.39. The largest absolute Gasteiger partial charge is 0.481 e. The zero-order valence-electron chi connectivity index (χ0n) is 9.61. The van der Waals surface area contributed by atoms with Crippen LogP contribution in [-0.4, -0.2) is 29.6 Å². The number of allylic oxidation sites excluding steroid dienone is 1. The molecule has 0 aromatic carbocycles. The Bertz CT molecular complexity index is 254. The Morgan fingerprint density at radius 3 is 2.56 bits per heavy atom. The van der Waals surface area contributed by atoms with E-state index >= 15 is 0 Å². The average molecular weight is 228 g/mol. The highest BCUT2D eigenvalue weighted by atomic mass is 16.4. The molecule has 0 saturated heterocycles. The maximum absolute atomic E-state index is 10.9. The number of nitrogens with one attached hydrogen (secondary N) is 1. The van der Waals surface area contributed by atoms with Crippen molar-refractivity contribution in [3.63, 3.8) is 0 Å². The van der Waals surface area contributed by atoms with Crippen LogP contribution in [0.1, 0.15) is 26.2 Å². The molecule has 0 rings (SSSR count). The summed E-state index contributed by atoms with van der Waals surface area (Å²) in [4.78, 5) is 21.7. The number of amides is 1. The molecule has 5 heteroatoms. The number of hydrogen-bond donors (Lipinski definition) is 3. The van der Waals surface area contributed by atoms with Gasteiger partial charge in [-0.25, -0.2) is 0 Å². The quantitative estimate of drug-likeness (QED) is 0.501. The fraction of sp³-hybridized carbons (Fsp3) is 0.636. The molecule has 0 aromatic rings. The second kappa shape index (κ2) is 7.87. The van der Waals surface area contributed by atoms with Crippen molar-refractivity contribution in [2.45, 2.75) is 32.2 Å². The van der Waals surface area contributed by atoms with Gasteiger partial charge in [0, 0.05) is 0 Å². The van der Waals surface area contributed by atoms with E-state index in [-0.39, 0.29) is 6.04 Å². The van der Waals surface area contributed by atoms with Gasteiger partial charge in [-0.15, -0.1) is 6.58 Å². The molecule has 4 N–H and O–H groups in total. The van der Waals surface area contributed by atoms with E-state index in [0.717, 1.165) is 0 Å². The maximum Gasteiger partial charge on any atom is 0.306 e. The summed E-state index contributed by atoms with van der Waals surface area (Å²) in [5.74, 6) is -1.69. The molecule has 1 amide bonds. The first kappa shape index (κ1) is 14.6. The summed E-state index contributed by atoms with van der Waals surface area (Å²) >= 11 is 0. The number of aliphatic carboxylic acids is 1. The lowest BCUT2D eigenvalue weighted by Gasteiger charge is -2.15. The van der Waals surface area contributed by atoms with E-state index in [2.05, 4.69) is 11.9 Å². The van der Waals surface area contributed by atoms with Crippen LogP contribution in [0, 0.1) is 5.92 Å². The third kappa shape index (κ3) is 5.50. The lowest BCUT2D eigenvalue weighted by molar-refractivity contribution is -0.141. The third-order valence-electron chi connectivity index (χ3n) is 2.44. The Morgan fingerprint density at radius 1 is 1.56 bits per heavy atom. The van der Waals surface area contributed by atoms with Gasteiger partial charge in [-0.1, -0.05) is 13.0 Å². The van der Waals surface area contributed by atoms with Crippen molar-refractivity contribution in [1.82, 2.24) is 5.32 Å². The monoisotopic (exact) mass is 228 g/mol. The predicted octanol–water partition coefficient (Wildman–Crippen LogP) is 0.507. The van der Waals surface area contributed by atoms with E-state index in [1.54, 1.807) is 6.08 Å². The third-order valence-corrected chi connectivity index (χ3v) is 2.44. The molecule has 0 spiro atoms. The molecular formula is C11H20N2O3. The second-order valence-corrected chi connectivity index (χ2v) is 3.67. The van der Waals surface area contributed by atoms with E-state index in [1.807, 2.05) is 6.92 Å². The highest BCUT2D eigenvalue weighted by molar-refractivity contribution is 5.79. The van der Waals surface area contributed by atoms with E-state index < -0.39 is 17.8 Å². The van der Waals surface area contributed by atoms with Gasteiger partial charge < -0.3 is 16.2 Å². The maximum atomic E-state index is 10.9. The Morgan fingerprint density at radius 2 is 2.19 bits per heavy atom. The number of carbonyl (C=O) groups is 2. The number of hydrogen-bond acceptors (Lipinski definition) is 3. The highest BCUT2D eigenvalue weighted by Gasteiger charge is 2.17. The summed E-state index contributed by atoms with van der Waals surface area (Å²) < 4.78 is 0. The first-order valence-electron chi connectivity index (χ1n) is 5.39. The molecule has 0 aliphatic rings. The zero-order valence-corrected chi connectivity index (χ0v) is 9.61. The molecule has 0 aromatic heterocycles. The van der Waals surface area contributed by atoms with Crippen LogP contribution >= 0.6 is 0 Å². The number of carbonyl (C=O) groups excluding carboxylic acids is 1. The number of carboxylic acids is 1. The Kier molecular flexibility index (Phi) is 7.20. The summed E-state index contributed by atoms with van der Waals surface area (Å²) in [5, 5.41) is 11.8. The Labute approximate surface area is 95.7 Å². The topological polar surface area (TPSA) is 92.4 Å². The zero-order chi connectivity index (χ0) is 12.6. The number of primary amides is 1. The van der Waals surface area contributed by atoms with Gasteiger partial charge in [-0.2, -0.15) is 0 Å². The van der Waals surface area contributed by atoms with E-state index in [0.29, 0.717) is 25.8 Å². The summed E-state index contributed by atoms with van der Waals surface area (Å²) in [6.07, 6.45) is 3.09. The van der Waals surface area contributed by atoms with Crippen LogP contribution in [0.25, 0.3) is 0 Å². The van der Waals surface area contributed by atoms with Gasteiger partial charge in [0.15, 0.2) is 0 Å². The molecule has 0 bridgehead atoms. The van der Waals surface area contributed by atoms with Crippen LogP contribution in [0.4, 0.5) is 0 Å². The van der Waals surface area contributed by atoms with Gasteiger partial charge in [0.1, 0.15) is 0 Å². The van der Waals surface area contributed by atoms with Gasteiger partial charge in [0.05, 0.1) is 12.0 Å². The van der Waals surface area contributed by atoms with Crippen LogP contribution in [0.3, 0.4) is 0 Å². The second-order valence-electron chi connectivity index (χ2n) is 3.67. The van der Waals surface area contributed by atoms with Crippen LogP contribution in [0.2, 0.25) is 0 Å². The van der Waals surface area contributed by atoms with E-state index in [9.17, 15) is 9.59 Å². The number of carboxylic acid groups (broad SMARTS) is 1. The van der Waals surface area contributed by atoms with Gasteiger partial charge >= 0.3 is 5.97 Å². The minimum Gasteiger partial charge on any atom is -0.481 e. The number of nitrogens with two attached hydrogens (primary N) is 1. The van der Waals surface area contributed by atoms with Crippen molar-refractivity contribution < 1.29 is 14.7 Å². The smallest absolute Gasteiger partial charge is 0.306 e. The lowest BCUT2D eigenvalue weighted by atomic mass is 10.0. The van der Waals surface area contributed by atoms with Crippen molar-refractivity contribution in [3.8, 4) is 0 Å². The molecule has 0 aliphatic carbocycles. The molecule has 5 nitrogen and oxygen atoms in total. The van der Waals surface area contributed by atoms with Crippen LogP contribution in [-0.2, 0) is 9.59 Å². The van der Waals surface area contributed by atoms with Crippen LogP contribution in [0.5, 0.6) is 0 Å². The Balaban J connectivity index is 3.97. The van der Waals surface area contributed by atoms with Crippen LogP contribution in [0.15, 0.2) is 12.7 Å². The standard InChI is InChI=1S/C11H20N2O3/c1-3-5-8(11(15)16)6-7-13-9(4-2)10(12)14/h3,8-9,13H,1,4-7H2,2H3,(H2,12,14)(H,15,16)/t8-,9?/m0/s1. The molecule has 0 aliphatic heterocycles. The van der Waals surface area contributed by atoms with E-state index in [1.165, 1.54) is 0 Å². The molecule has 2 atom stereocenters. The first-order chi connectivity index (χ1) is 7.52. The molecule has 0 radical (unpaired) electrons. The molecule has 1 unspecified atom stereocenters. The number of rotatable bonds is 9. The summed E-state index contributed by atoms with van der Waals surface area (Å²) in [7, 11) is 0. The molecule has 0 fully saturated rings. The fourth-order valence-electron chi connectivity index (χ4n) is 1.42. The molecule has 0 heterocycles. The average Bonchev–Trinajstić information content (AvgIpc) is 2.21. The van der Waals surface area contributed by atoms with Gasteiger partial charge in [-0.05, 0) is 25.8 Å². The van der Waals surface area contributed by atoms with Crippen molar-refractivity contribution in [1.29, 1.82) is 0 Å². The normalized spacial score (nSPS) is 14.1. The predicted molar refractivity (Wildman–Crippen MR) is 61.8 cm³/mol. The van der Waals surface area contributed by atoms with Gasteiger partial charge in [0.25, 0.3) is 0 Å². The summed E-state index contributed by atoms with van der Waals surface area (Å²) in [5.41, 5.74) is 5.15. The van der Waals surface area contributed by atoms with E-state index in [4.69, 9.17) is 10.8 Å². The minimum atomic E-state index is -0.839. The summed E-state index contributed by atoms with van der Waals surface area (Å²) in [6.45, 7) is 5.83. The molecule has 0 saturated carbocycles. The van der Waals surface area contributed by atoms with Crippen LogP contribution < -0.4 is 11.1 Å². The SMILES string of the molecule is C=CC[C@@H](CCNC(CC)C(N)=O)C(=O)O. The molecule has 92 valence electrons. The van der Waals surface area contributed by atoms with Crippen molar-refractivity contribution >= 4 is 11.9 Å². The van der Waals surface area contributed by atoms with Crippen molar-refractivity contribution in [2.75, 3.05) is 6.54 Å².